The lowest BCUT2D eigenvalue weighted by molar-refractivity contribution is -0.140. The largest absolute Gasteiger partial charge is 0.481 e. The SMILES string of the molecule is Cc1noc(C)c1-c1cnc(C[C@@H]2CCN(C(=O)CCC(=O)O)C2)cn1. The summed E-state index contributed by atoms with van der Waals surface area (Å²) in [6.45, 7) is 5.04. The van der Waals surface area contributed by atoms with Gasteiger partial charge in [0.25, 0.3) is 0 Å². The first-order chi connectivity index (χ1) is 12.4. The van der Waals surface area contributed by atoms with E-state index in [-0.39, 0.29) is 18.7 Å². The van der Waals surface area contributed by atoms with Crippen molar-refractivity contribution in [3.05, 3.63) is 29.5 Å². The Morgan fingerprint density at radius 2 is 2.08 bits per heavy atom. The molecule has 0 unspecified atom stereocenters. The number of amides is 1. The lowest BCUT2D eigenvalue weighted by Crippen LogP contribution is -2.29. The molecule has 8 nitrogen and oxygen atoms in total. The van der Waals surface area contributed by atoms with Crippen LogP contribution in [-0.4, -0.2) is 50.1 Å². The number of aliphatic carboxylic acids is 1. The molecule has 1 amide bonds. The van der Waals surface area contributed by atoms with Crippen LogP contribution in [0.5, 0.6) is 0 Å². The number of carbonyl (C=O) groups excluding carboxylic acids is 1. The average molecular weight is 358 g/mol. The van der Waals surface area contributed by atoms with Crippen molar-refractivity contribution in [3.8, 4) is 11.3 Å². The van der Waals surface area contributed by atoms with Crippen molar-refractivity contribution in [3.63, 3.8) is 0 Å². The van der Waals surface area contributed by atoms with Crippen LogP contribution < -0.4 is 0 Å². The summed E-state index contributed by atoms with van der Waals surface area (Å²) >= 11 is 0. The molecule has 8 heteroatoms. The molecule has 1 atom stereocenters. The van der Waals surface area contributed by atoms with Crippen molar-refractivity contribution in [1.29, 1.82) is 0 Å². The van der Waals surface area contributed by atoms with Gasteiger partial charge in [-0.2, -0.15) is 0 Å². The van der Waals surface area contributed by atoms with Gasteiger partial charge in [-0.3, -0.25) is 19.6 Å². The molecular formula is C18H22N4O4. The van der Waals surface area contributed by atoms with Crippen molar-refractivity contribution < 1.29 is 19.2 Å². The molecule has 1 fully saturated rings. The summed E-state index contributed by atoms with van der Waals surface area (Å²) in [6.07, 6.45) is 5.08. The van der Waals surface area contributed by atoms with Gasteiger partial charge in [0.05, 0.1) is 35.3 Å². The lowest BCUT2D eigenvalue weighted by atomic mass is 10.0. The highest BCUT2D eigenvalue weighted by Gasteiger charge is 2.26. The topological polar surface area (TPSA) is 109 Å². The third-order valence-electron chi connectivity index (χ3n) is 4.68. The fourth-order valence-electron chi connectivity index (χ4n) is 3.33. The van der Waals surface area contributed by atoms with E-state index in [1.165, 1.54) is 0 Å². The zero-order valence-electron chi connectivity index (χ0n) is 14.9. The molecule has 0 bridgehead atoms. The first kappa shape index (κ1) is 18.0. The number of likely N-dealkylation sites (tertiary alicyclic amines) is 1. The third kappa shape index (κ3) is 4.07. The highest BCUT2D eigenvalue weighted by molar-refractivity contribution is 5.80. The van der Waals surface area contributed by atoms with Crippen LogP contribution >= 0.6 is 0 Å². The van der Waals surface area contributed by atoms with Gasteiger partial charge in [0.15, 0.2) is 0 Å². The quantitative estimate of drug-likeness (QED) is 0.841. The standard InChI is InChI=1S/C18H22N4O4/c1-11-18(12(2)26-21-11)15-9-19-14(8-20-15)7-13-5-6-22(10-13)16(23)3-4-17(24)25/h8-9,13H,3-7,10H2,1-2H3,(H,24,25)/t13-/m0/s1. The molecule has 3 rings (SSSR count). The minimum Gasteiger partial charge on any atom is -0.481 e. The highest BCUT2D eigenvalue weighted by Crippen LogP contribution is 2.25. The smallest absolute Gasteiger partial charge is 0.303 e. The van der Waals surface area contributed by atoms with Crippen LogP contribution in [0.3, 0.4) is 0 Å². The highest BCUT2D eigenvalue weighted by atomic mass is 16.5. The Hall–Kier alpha value is -2.77. The Bertz CT molecular complexity index is 781. The number of aryl methyl sites for hydroxylation is 2. The Balaban J connectivity index is 1.57. The maximum absolute atomic E-state index is 12.0. The van der Waals surface area contributed by atoms with Crippen LogP contribution in [0, 0.1) is 19.8 Å². The van der Waals surface area contributed by atoms with Crippen molar-refractivity contribution in [2.24, 2.45) is 5.92 Å². The average Bonchev–Trinajstić information content (AvgIpc) is 3.20. The number of aromatic nitrogens is 3. The second-order valence-electron chi connectivity index (χ2n) is 6.68. The molecule has 0 aliphatic carbocycles. The Kier molecular flexibility index (Phi) is 5.29. The minimum atomic E-state index is -0.942. The number of hydrogen-bond acceptors (Lipinski definition) is 6. The van der Waals surface area contributed by atoms with E-state index in [1.807, 2.05) is 13.8 Å². The fraction of sp³-hybridized carbons (Fsp3) is 0.500. The van der Waals surface area contributed by atoms with Crippen molar-refractivity contribution in [2.45, 2.75) is 39.5 Å². The van der Waals surface area contributed by atoms with E-state index < -0.39 is 5.97 Å². The molecule has 1 aliphatic rings. The molecule has 2 aromatic rings. The molecular weight excluding hydrogens is 336 g/mol. The van der Waals surface area contributed by atoms with E-state index in [4.69, 9.17) is 9.63 Å². The molecule has 1 N–H and O–H groups in total. The van der Waals surface area contributed by atoms with Crippen LogP contribution in [0.25, 0.3) is 11.3 Å². The number of rotatable bonds is 6. The normalized spacial score (nSPS) is 16.8. The predicted molar refractivity (Wildman–Crippen MR) is 92.3 cm³/mol. The lowest BCUT2D eigenvalue weighted by Gasteiger charge is -2.16. The van der Waals surface area contributed by atoms with Gasteiger partial charge in [-0.15, -0.1) is 0 Å². The van der Waals surface area contributed by atoms with Gasteiger partial charge in [-0.1, -0.05) is 5.16 Å². The summed E-state index contributed by atoms with van der Waals surface area (Å²) in [7, 11) is 0. The van der Waals surface area contributed by atoms with E-state index in [0.29, 0.717) is 19.0 Å². The Morgan fingerprint density at radius 1 is 1.27 bits per heavy atom. The maximum atomic E-state index is 12.0. The summed E-state index contributed by atoms with van der Waals surface area (Å²) in [5.41, 5.74) is 3.28. The summed E-state index contributed by atoms with van der Waals surface area (Å²) < 4.78 is 5.16. The number of nitrogens with zero attached hydrogens (tertiary/aromatic N) is 4. The fourth-order valence-corrected chi connectivity index (χ4v) is 3.33. The second-order valence-corrected chi connectivity index (χ2v) is 6.68. The van der Waals surface area contributed by atoms with Gasteiger partial charge in [-0.05, 0) is 32.6 Å². The molecule has 138 valence electrons. The van der Waals surface area contributed by atoms with E-state index in [1.54, 1.807) is 17.3 Å². The molecule has 1 aliphatic heterocycles. The first-order valence-electron chi connectivity index (χ1n) is 8.67. The van der Waals surface area contributed by atoms with Gasteiger partial charge in [0.2, 0.25) is 5.91 Å². The molecule has 26 heavy (non-hydrogen) atoms. The Labute approximate surface area is 151 Å². The number of carbonyl (C=O) groups is 2. The molecule has 0 saturated carbocycles. The van der Waals surface area contributed by atoms with E-state index >= 15 is 0 Å². The van der Waals surface area contributed by atoms with E-state index in [0.717, 1.165) is 41.2 Å². The van der Waals surface area contributed by atoms with Gasteiger partial charge in [0.1, 0.15) is 5.76 Å². The zero-order valence-corrected chi connectivity index (χ0v) is 14.9. The van der Waals surface area contributed by atoms with Gasteiger partial charge in [-0.25, -0.2) is 0 Å². The Morgan fingerprint density at radius 3 is 2.69 bits per heavy atom. The van der Waals surface area contributed by atoms with Crippen LogP contribution in [0.15, 0.2) is 16.9 Å². The van der Waals surface area contributed by atoms with E-state index in [9.17, 15) is 9.59 Å². The van der Waals surface area contributed by atoms with Gasteiger partial charge >= 0.3 is 5.97 Å². The van der Waals surface area contributed by atoms with Crippen molar-refractivity contribution >= 4 is 11.9 Å². The molecule has 1 saturated heterocycles. The monoisotopic (exact) mass is 358 g/mol. The van der Waals surface area contributed by atoms with Crippen LogP contribution in [0.4, 0.5) is 0 Å². The predicted octanol–water partition coefficient (Wildman–Crippen LogP) is 2.00. The van der Waals surface area contributed by atoms with Gasteiger partial charge < -0.3 is 14.5 Å². The van der Waals surface area contributed by atoms with Crippen LogP contribution in [0.1, 0.15) is 36.4 Å². The minimum absolute atomic E-state index is 0.0635. The van der Waals surface area contributed by atoms with Crippen molar-refractivity contribution in [2.75, 3.05) is 13.1 Å². The summed E-state index contributed by atoms with van der Waals surface area (Å²) in [4.78, 5) is 33.3. The summed E-state index contributed by atoms with van der Waals surface area (Å²) in [5, 5.41) is 12.6. The molecule has 0 aromatic carbocycles. The van der Waals surface area contributed by atoms with Crippen LogP contribution in [0.2, 0.25) is 0 Å². The van der Waals surface area contributed by atoms with Gasteiger partial charge in [0, 0.05) is 25.7 Å². The first-order valence-corrected chi connectivity index (χ1v) is 8.67. The number of carboxylic acids is 1. The van der Waals surface area contributed by atoms with Crippen LogP contribution in [-0.2, 0) is 16.0 Å². The van der Waals surface area contributed by atoms with Crippen molar-refractivity contribution in [1.82, 2.24) is 20.0 Å². The third-order valence-corrected chi connectivity index (χ3v) is 4.68. The summed E-state index contributed by atoms with van der Waals surface area (Å²) in [6, 6.07) is 0. The molecule has 0 radical (unpaired) electrons. The summed E-state index contributed by atoms with van der Waals surface area (Å²) in [5.74, 6) is 0.0105. The molecule has 3 heterocycles. The maximum Gasteiger partial charge on any atom is 0.303 e. The number of hydrogen-bond donors (Lipinski definition) is 1. The van der Waals surface area contributed by atoms with E-state index in [2.05, 4.69) is 15.1 Å². The molecule has 0 spiro atoms. The zero-order chi connectivity index (χ0) is 18.7. The number of carboxylic acid groups (broad SMARTS) is 1. The molecule has 2 aromatic heterocycles. The second kappa shape index (κ2) is 7.63.